The van der Waals surface area contributed by atoms with Crippen molar-refractivity contribution < 1.29 is 4.79 Å². The van der Waals surface area contributed by atoms with Crippen LogP contribution < -0.4 is 5.32 Å². The second-order valence-corrected chi connectivity index (χ2v) is 6.03. The van der Waals surface area contributed by atoms with E-state index in [1.165, 1.54) is 25.7 Å². The lowest BCUT2D eigenvalue weighted by Gasteiger charge is -2.10. The van der Waals surface area contributed by atoms with Gasteiger partial charge in [-0.3, -0.25) is 4.79 Å². The van der Waals surface area contributed by atoms with Gasteiger partial charge >= 0.3 is 0 Å². The van der Waals surface area contributed by atoms with E-state index >= 15 is 0 Å². The molecule has 1 amide bonds. The first-order chi connectivity index (χ1) is 9.15. The topological polar surface area (TPSA) is 29.1 Å². The van der Waals surface area contributed by atoms with Gasteiger partial charge in [0.15, 0.2) is 0 Å². The van der Waals surface area contributed by atoms with E-state index in [1.54, 1.807) is 6.07 Å². The lowest BCUT2D eigenvalue weighted by Crippen LogP contribution is -2.27. The number of amides is 1. The van der Waals surface area contributed by atoms with Gasteiger partial charge in [0.25, 0.3) is 0 Å². The Hall–Kier alpha value is -0.730. The SMILES string of the molecule is O=C(CC1CCCC1)NCCc1ccc(Cl)cc1Cl. The second-order valence-electron chi connectivity index (χ2n) is 5.19. The van der Waals surface area contributed by atoms with Gasteiger partial charge in [-0.15, -0.1) is 0 Å². The van der Waals surface area contributed by atoms with Crippen LogP contribution in [0.15, 0.2) is 18.2 Å². The average molecular weight is 300 g/mol. The summed E-state index contributed by atoms with van der Waals surface area (Å²) in [6.45, 7) is 0.632. The highest BCUT2D eigenvalue weighted by Gasteiger charge is 2.17. The zero-order valence-electron chi connectivity index (χ0n) is 10.9. The van der Waals surface area contributed by atoms with Crippen LogP contribution in [0.25, 0.3) is 0 Å². The summed E-state index contributed by atoms with van der Waals surface area (Å²) in [6.07, 6.45) is 6.38. The summed E-state index contributed by atoms with van der Waals surface area (Å²) < 4.78 is 0. The zero-order valence-corrected chi connectivity index (χ0v) is 12.4. The minimum atomic E-state index is 0.164. The molecule has 0 aromatic heterocycles. The number of halogens is 2. The summed E-state index contributed by atoms with van der Waals surface area (Å²) in [6, 6.07) is 5.47. The largest absolute Gasteiger partial charge is 0.356 e. The lowest BCUT2D eigenvalue weighted by molar-refractivity contribution is -0.121. The fourth-order valence-electron chi connectivity index (χ4n) is 2.61. The molecule has 1 aliphatic carbocycles. The fraction of sp³-hybridized carbons (Fsp3) is 0.533. The van der Waals surface area contributed by atoms with E-state index < -0.39 is 0 Å². The zero-order chi connectivity index (χ0) is 13.7. The van der Waals surface area contributed by atoms with Gasteiger partial charge in [0.1, 0.15) is 0 Å². The van der Waals surface area contributed by atoms with E-state index in [9.17, 15) is 4.79 Å². The minimum absolute atomic E-state index is 0.164. The Morgan fingerprint density at radius 3 is 2.68 bits per heavy atom. The van der Waals surface area contributed by atoms with Gasteiger partial charge < -0.3 is 5.32 Å². The van der Waals surface area contributed by atoms with E-state index in [-0.39, 0.29) is 5.91 Å². The second kappa shape index (κ2) is 7.16. The molecular weight excluding hydrogens is 281 g/mol. The molecule has 4 heteroatoms. The molecule has 1 saturated carbocycles. The lowest BCUT2D eigenvalue weighted by atomic mass is 10.0. The number of benzene rings is 1. The third-order valence-corrected chi connectivity index (χ3v) is 4.27. The maximum Gasteiger partial charge on any atom is 0.220 e. The van der Waals surface area contributed by atoms with Crippen LogP contribution in [0, 0.1) is 5.92 Å². The molecule has 0 spiro atoms. The molecule has 0 saturated heterocycles. The van der Waals surface area contributed by atoms with Crippen molar-refractivity contribution in [1.82, 2.24) is 5.32 Å². The smallest absolute Gasteiger partial charge is 0.220 e. The van der Waals surface area contributed by atoms with Crippen LogP contribution in [-0.4, -0.2) is 12.5 Å². The van der Waals surface area contributed by atoms with E-state index in [0.717, 1.165) is 12.0 Å². The van der Waals surface area contributed by atoms with Gasteiger partial charge in [0.2, 0.25) is 5.91 Å². The first kappa shape index (κ1) is 14.7. The molecule has 2 rings (SSSR count). The van der Waals surface area contributed by atoms with Crippen molar-refractivity contribution in [2.75, 3.05) is 6.54 Å². The van der Waals surface area contributed by atoms with Gasteiger partial charge in [-0.1, -0.05) is 42.1 Å². The van der Waals surface area contributed by atoms with Crippen molar-refractivity contribution in [3.05, 3.63) is 33.8 Å². The molecule has 0 atom stereocenters. The third-order valence-electron chi connectivity index (χ3n) is 3.68. The molecule has 1 N–H and O–H groups in total. The van der Waals surface area contributed by atoms with Crippen LogP contribution >= 0.6 is 23.2 Å². The highest BCUT2D eigenvalue weighted by atomic mass is 35.5. The summed E-state index contributed by atoms with van der Waals surface area (Å²) in [4.78, 5) is 11.8. The maximum absolute atomic E-state index is 11.8. The number of carbonyl (C=O) groups is 1. The third kappa shape index (κ3) is 4.70. The molecule has 0 aliphatic heterocycles. The van der Waals surface area contributed by atoms with Crippen LogP contribution in [0.1, 0.15) is 37.7 Å². The molecule has 1 aromatic carbocycles. The van der Waals surface area contributed by atoms with Crippen LogP contribution in [0.5, 0.6) is 0 Å². The highest BCUT2D eigenvalue weighted by molar-refractivity contribution is 6.35. The fourth-order valence-corrected chi connectivity index (χ4v) is 3.11. The molecule has 19 heavy (non-hydrogen) atoms. The molecule has 1 aromatic rings. The number of rotatable bonds is 5. The molecule has 104 valence electrons. The average Bonchev–Trinajstić information content (AvgIpc) is 2.84. The van der Waals surface area contributed by atoms with Crippen LogP contribution in [0.3, 0.4) is 0 Å². The molecule has 1 fully saturated rings. The van der Waals surface area contributed by atoms with Crippen molar-refractivity contribution in [2.45, 2.75) is 38.5 Å². The Bertz CT molecular complexity index is 442. The number of nitrogens with one attached hydrogen (secondary N) is 1. The summed E-state index contributed by atoms with van der Waals surface area (Å²) >= 11 is 11.9. The number of hydrogen-bond acceptors (Lipinski definition) is 1. The molecule has 2 nitrogen and oxygen atoms in total. The van der Waals surface area contributed by atoms with Crippen molar-refractivity contribution >= 4 is 29.1 Å². The Morgan fingerprint density at radius 1 is 1.26 bits per heavy atom. The molecule has 0 heterocycles. The Balaban J connectivity index is 1.72. The molecule has 1 aliphatic rings. The van der Waals surface area contributed by atoms with Crippen molar-refractivity contribution in [3.8, 4) is 0 Å². The molecule has 0 bridgehead atoms. The van der Waals surface area contributed by atoms with Crippen LogP contribution in [0.4, 0.5) is 0 Å². The van der Waals surface area contributed by atoms with Gasteiger partial charge in [-0.2, -0.15) is 0 Å². The normalized spacial score (nSPS) is 15.7. The summed E-state index contributed by atoms with van der Waals surface area (Å²) in [5, 5.41) is 4.27. The Kier molecular flexibility index (Phi) is 5.53. The monoisotopic (exact) mass is 299 g/mol. The van der Waals surface area contributed by atoms with E-state index in [0.29, 0.717) is 28.9 Å². The highest BCUT2D eigenvalue weighted by Crippen LogP contribution is 2.27. The first-order valence-electron chi connectivity index (χ1n) is 6.86. The van der Waals surface area contributed by atoms with Crippen molar-refractivity contribution in [3.63, 3.8) is 0 Å². The van der Waals surface area contributed by atoms with Gasteiger partial charge in [0, 0.05) is 23.0 Å². The van der Waals surface area contributed by atoms with E-state index in [2.05, 4.69) is 5.32 Å². The number of carbonyl (C=O) groups excluding carboxylic acids is 1. The maximum atomic E-state index is 11.8. The van der Waals surface area contributed by atoms with Crippen LogP contribution in [0.2, 0.25) is 10.0 Å². The molecular formula is C15H19Cl2NO. The van der Waals surface area contributed by atoms with Gasteiger partial charge in [0.05, 0.1) is 0 Å². The van der Waals surface area contributed by atoms with E-state index in [1.807, 2.05) is 12.1 Å². The minimum Gasteiger partial charge on any atom is -0.356 e. The summed E-state index contributed by atoms with van der Waals surface area (Å²) in [5.41, 5.74) is 1.02. The Labute approximate surface area is 124 Å². The predicted molar refractivity (Wildman–Crippen MR) is 79.8 cm³/mol. The van der Waals surface area contributed by atoms with E-state index in [4.69, 9.17) is 23.2 Å². The van der Waals surface area contributed by atoms with Crippen LogP contribution in [-0.2, 0) is 11.2 Å². The first-order valence-corrected chi connectivity index (χ1v) is 7.61. The quantitative estimate of drug-likeness (QED) is 0.866. The molecule has 0 unspecified atom stereocenters. The number of hydrogen-bond donors (Lipinski definition) is 1. The summed E-state index contributed by atoms with van der Waals surface area (Å²) in [5.74, 6) is 0.760. The van der Waals surface area contributed by atoms with Crippen molar-refractivity contribution in [1.29, 1.82) is 0 Å². The molecule has 0 radical (unpaired) electrons. The standard InChI is InChI=1S/C15H19Cl2NO/c16-13-6-5-12(14(17)10-13)7-8-18-15(19)9-11-3-1-2-4-11/h5-6,10-11H,1-4,7-9H2,(H,18,19). The Morgan fingerprint density at radius 2 is 2.00 bits per heavy atom. The van der Waals surface area contributed by atoms with Gasteiger partial charge in [-0.05, 0) is 42.9 Å². The van der Waals surface area contributed by atoms with Gasteiger partial charge in [-0.25, -0.2) is 0 Å². The van der Waals surface area contributed by atoms with Crippen molar-refractivity contribution in [2.24, 2.45) is 5.92 Å². The summed E-state index contributed by atoms with van der Waals surface area (Å²) in [7, 11) is 0. The predicted octanol–water partition coefficient (Wildman–Crippen LogP) is 4.23.